The molecule has 0 aromatic heterocycles. The molecule has 1 heterocycles. The van der Waals surface area contributed by atoms with Gasteiger partial charge in [0, 0.05) is 5.54 Å². The van der Waals surface area contributed by atoms with Crippen LogP contribution in [-0.4, -0.2) is 35.8 Å². The van der Waals surface area contributed by atoms with Crippen molar-refractivity contribution in [3.05, 3.63) is 11.6 Å². The highest BCUT2D eigenvalue weighted by atomic mass is 35.5. The van der Waals surface area contributed by atoms with Crippen LogP contribution in [0.3, 0.4) is 0 Å². The van der Waals surface area contributed by atoms with E-state index < -0.39 is 26.2 Å². The first-order valence-electron chi connectivity index (χ1n) is 6.37. The molecule has 1 rings (SSSR count). The maximum atomic E-state index is 12.3. The van der Waals surface area contributed by atoms with E-state index in [-0.39, 0.29) is 10.9 Å². The molecule has 108 valence electrons. The molecule has 0 unspecified atom stereocenters. The van der Waals surface area contributed by atoms with Gasteiger partial charge < -0.3 is 9.67 Å². The Balaban J connectivity index is 3.04. The molecule has 2 atom stereocenters. The minimum Gasteiger partial charge on any atom is -0.480 e. The summed E-state index contributed by atoms with van der Waals surface area (Å²) in [6, 6.07) is -0.707. The van der Waals surface area contributed by atoms with Gasteiger partial charge in [-0.1, -0.05) is 51.5 Å². The summed E-state index contributed by atoms with van der Waals surface area (Å²) in [6.07, 6.45) is 2.04. The SMILES string of the molecule is CC(C)(C)[Si](C)(C)N1C(=O)[C@H](CC=CCl)[C@H]1C(=O)O. The van der Waals surface area contributed by atoms with Crippen LogP contribution in [0, 0.1) is 5.92 Å². The van der Waals surface area contributed by atoms with E-state index in [1.807, 2.05) is 0 Å². The van der Waals surface area contributed by atoms with Crippen molar-refractivity contribution in [3.63, 3.8) is 0 Å². The molecular weight excluding hydrogens is 282 g/mol. The van der Waals surface area contributed by atoms with E-state index in [0.717, 1.165) is 0 Å². The van der Waals surface area contributed by atoms with Gasteiger partial charge >= 0.3 is 5.97 Å². The predicted octanol–water partition coefficient (Wildman–Crippen LogP) is 3.05. The standard InChI is InChI=1S/C13H22ClNO3Si/c1-13(2,3)19(4,5)15-10(12(17)18)9(11(15)16)7-6-8-14/h6,8-10H,7H2,1-5H3,(H,17,18)/t9-,10+/m1/s1. The summed E-state index contributed by atoms with van der Waals surface area (Å²) < 4.78 is 1.64. The third kappa shape index (κ3) is 2.72. The average Bonchev–Trinajstić information content (AvgIpc) is 2.23. The van der Waals surface area contributed by atoms with Crippen molar-refractivity contribution in [2.24, 2.45) is 5.92 Å². The molecule has 1 N–H and O–H groups in total. The summed E-state index contributed by atoms with van der Waals surface area (Å²) >= 11 is 5.46. The summed E-state index contributed by atoms with van der Waals surface area (Å²) in [7, 11) is -2.15. The van der Waals surface area contributed by atoms with Crippen molar-refractivity contribution < 1.29 is 14.7 Å². The molecule has 0 radical (unpaired) electrons. The van der Waals surface area contributed by atoms with E-state index in [4.69, 9.17) is 11.6 Å². The molecule has 0 bridgehead atoms. The van der Waals surface area contributed by atoms with Crippen LogP contribution in [0.2, 0.25) is 18.1 Å². The Labute approximate surface area is 120 Å². The van der Waals surface area contributed by atoms with Crippen molar-refractivity contribution >= 4 is 31.7 Å². The first-order valence-corrected chi connectivity index (χ1v) is 9.75. The van der Waals surface area contributed by atoms with Crippen molar-refractivity contribution in [3.8, 4) is 0 Å². The van der Waals surface area contributed by atoms with Crippen LogP contribution in [-0.2, 0) is 9.59 Å². The van der Waals surface area contributed by atoms with Gasteiger partial charge in [-0.2, -0.15) is 0 Å². The van der Waals surface area contributed by atoms with E-state index in [1.165, 1.54) is 5.54 Å². The van der Waals surface area contributed by atoms with Crippen molar-refractivity contribution in [1.82, 2.24) is 4.57 Å². The number of amides is 1. The number of nitrogens with zero attached hydrogens (tertiary/aromatic N) is 1. The highest BCUT2D eigenvalue weighted by Crippen LogP contribution is 2.45. The van der Waals surface area contributed by atoms with Crippen LogP contribution >= 0.6 is 11.6 Å². The zero-order valence-corrected chi connectivity index (χ0v) is 13.9. The van der Waals surface area contributed by atoms with Crippen LogP contribution in [0.5, 0.6) is 0 Å². The van der Waals surface area contributed by atoms with Crippen molar-refractivity contribution in [2.75, 3.05) is 0 Å². The fraction of sp³-hybridized carbons (Fsp3) is 0.692. The first kappa shape index (κ1) is 16.2. The molecule has 0 aliphatic carbocycles. The zero-order valence-electron chi connectivity index (χ0n) is 12.1. The second kappa shape index (κ2) is 5.29. The number of rotatable bonds is 4. The number of allylic oxidation sites excluding steroid dienone is 1. The number of carbonyl (C=O) groups is 2. The third-order valence-electron chi connectivity index (χ3n) is 4.38. The van der Waals surface area contributed by atoms with Gasteiger partial charge in [-0.3, -0.25) is 4.79 Å². The van der Waals surface area contributed by atoms with Gasteiger partial charge in [0.15, 0.2) is 8.24 Å². The molecule has 1 aliphatic heterocycles. The van der Waals surface area contributed by atoms with Gasteiger partial charge in [-0.05, 0) is 11.5 Å². The molecular formula is C13H22ClNO3Si. The number of aliphatic carboxylic acids is 1. The minimum absolute atomic E-state index is 0.0474. The normalized spacial score (nSPS) is 24.7. The van der Waals surface area contributed by atoms with Crippen LogP contribution in [0.25, 0.3) is 0 Å². The Morgan fingerprint density at radius 3 is 2.37 bits per heavy atom. The lowest BCUT2D eigenvalue weighted by Gasteiger charge is -2.56. The molecule has 19 heavy (non-hydrogen) atoms. The predicted molar refractivity (Wildman–Crippen MR) is 78.6 cm³/mol. The molecule has 0 spiro atoms. The Kier molecular flexibility index (Phi) is 4.52. The smallest absolute Gasteiger partial charge is 0.326 e. The molecule has 4 nitrogen and oxygen atoms in total. The van der Waals surface area contributed by atoms with Gasteiger partial charge in [-0.15, -0.1) is 0 Å². The summed E-state index contributed by atoms with van der Waals surface area (Å²) in [6.45, 7) is 10.3. The van der Waals surface area contributed by atoms with E-state index in [2.05, 4.69) is 33.9 Å². The van der Waals surface area contributed by atoms with E-state index in [1.54, 1.807) is 10.6 Å². The molecule has 0 aromatic carbocycles. The number of halogens is 1. The van der Waals surface area contributed by atoms with Gasteiger partial charge in [0.05, 0.1) is 5.92 Å². The largest absolute Gasteiger partial charge is 0.480 e. The number of hydrogen-bond acceptors (Lipinski definition) is 2. The molecule has 1 aliphatic rings. The minimum atomic E-state index is -2.15. The highest BCUT2D eigenvalue weighted by molar-refractivity contribution is 6.80. The Hall–Kier alpha value is -0.813. The molecule has 0 aromatic rings. The van der Waals surface area contributed by atoms with Crippen molar-refractivity contribution in [2.45, 2.75) is 51.4 Å². The highest BCUT2D eigenvalue weighted by Gasteiger charge is 2.59. The molecule has 1 amide bonds. The van der Waals surface area contributed by atoms with Gasteiger partial charge in [0.2, 0.25) is 5.91 Å². The molecule has 0 saturated carbocycles. The lowest BCUT2D eigenvalue weighted by Crippen LogP contribution is -2.74. The van der Waals surface area contributed by atoms with E-state index >= 15 is 0 Å². The Bertz CT molecular complexity index is 415. The van der Waals surface area contributed by atoms with Gasteiger partial charge in [-0.25, -0.2) is 4.79 Å². The maximum absolute atomic E-state index is 12.3. The number of β-lactam (4-membered cyclic amide) rings is 1. The zero-order chi connectivity index (χ0) is 15.0. The second-order valence-electron chi connectivity index (χ2n) is 6.50. The van der Waals surface area contributed by atoms with Crippen LogP contribution in [0.1, 0.15) is 27.2 Å². The van der Waals surface area contributed by atoms with Crippen LogP contribution in [0.4, 0.5) is 0 Å². The molecule has 1 saturated heterocycles. The van der Waals surface area contributed by atoms with E-state index in [0.29, 0.717) is 6.42 Å². The number of carboxylic acids is 1. The van der Waals surface area contributed by atoms with Gasteiger partial charge in [0.1, 0.15) is 6.04 Å². The number of carbonyl (C=O) groups excluding carboxylic acids is 1. The van der Waals surface area contributed by atoms with E-state index in [9.17, 15) is 14.7 Å². The number of hydrogen-bond donors (Lipinski definition) is 1. The fourth-order valence-corrected chi connectivity index (χ4v) is 4.77. The molecule has 1 fully saturated rings. The van der Waals surface area contributed by atoms with Crippen LogP contribution in [0.15, 0.2) is 11.6 Å². The third-order valence-corrected chi connectivity index (χ3v) is 9.94. The molecule has 6 heteroatoms. The van der Waals surface area contributed by atoms with Crippen LogP contribution < -0.4 is 0 Å². The lowest BCUT2D eigenvalue weighted by molar-refractivity contribution is -0.163. The topological polar surface area (TPSA) is 57.6 Å². The van der Waals surface area contributed by atoms with Gasteiger partial charge in [0.25, 0.3) is 0 Å². The summed E-state index contributed by atoms with van der Waals surface area (Å²) in [4.78, 5) is 23.8. The quantitative estimate of drug-likeness (QED) is 0.641. The Morgan fingerprint density at radius 1 is 1.47 bits per heavy atom. The Morgan fingerprint density at radius 2 is 2.00 bits per heavy atom. The summed E-state index contributed by atoms with van der Waals surface area (Å²) in [5, 5.41) is 9.33. The lowest BCUT2D eigenvalue weighted by atomic mass is 9.87. The van der Waals surface area contributed by atoms with Crippen molar-refractivity contribution in [1.29, 1.82) is 0 Å². The number of carboxylic acid groups (broad SMARTS) is 1. The summed E-state index contributed by atoms with van der Waals surface area (Å²) in [5.74, 6) is -1.44. The monoisotopic (exact) mass is 303 g/mol. The second-order valence-corrected chi connectivity index (χ2v) is 11.9. The maximum Gasteiger partial charge on any atom is 0.326 e. The fourth-order valence-electron chi connectivity index (χ4n) is 2.24. The summed E-state index contributed by atoms with van der Waals surface area (Å²) in [5.41, 5.74) is 1.33. The average molecular weight is 304 g/mol. The first-order chi connectivity index (χ1) is 8.55.